The zero-order chi connectivity index (χ0) is 12.6. The minimum atomic E-state index is -0.400. The number of nitrogens with two attached hydrogens (primary N) is 1. The lowest BCUT2D eigenvalue weighted by Crippen LogP contribution is -2.26. The molecule has 0 bridgehead atoms. The van der Waals surface area contributed by atoms with Gasteiger partial charge in [0.1, 0.15) is 5.60 Å². The van der Waals surface area contributed by atoms with Crippen LogP contribution in [0.15, 0.2) is 0 Å². The van der Waals surface area contributed by atoms with Gasteiger partial charge in [-0.2, -0.15) is 0 Å². The van der Waals surface area contributed by atoms with Crippen molar-refractivity contribution >= 4 is 5.97 Å². The lowest BCUT2D eigenvalue weighted by molar-refractivity contribution is -0.155. The summed E-state index contributed by atoms with van der Waals surface area (Å²) in [5.41, 5.74) is 5.28. The van der Waals surface area contributed by atoms with Crippen molar-refractivity contribution in [1.29, 1.82) is 0 Å². The van der Waals surface area contributed by atoms with Crippen molar-refractivity contribution in [2.75, 3.05) is 13.2 Å². The molecule has 96 valence electrons. The zero-order valence-corrected chi connectivity index (χ0v) is 10.9. The van der Waals surface area contributed by atoms with E-state index in [1.165, 1.54) is 0 Å². The van der Waals surface area contributed by atoms with Gasteiger partial charge in [-0.3, -0.25) is 4.79 Å². The number of ether oxygens (including phenoxy) is 2. The summed E-state index contributed by atoms with van der Waals surface area (Å²) in [5.74, 6) is -0.170. The molecule has 4 nitrogen and oxygen atoms in total. The van der Waals surface area contributed by atoms with Crippen molar-refractivity contribution in [3.05, 3.63) is 0 Å². The summed E-state index contributed by atoms with van der Waals surface area (Å²) in [7, 11) is 0. The summed E-state index contributed by atoms with van der Waals surface area (Å²) in [4.78, 5) is 11.3. The Bertz CT molecular complexity index is 199. The number of hydrogen-bond acceptors (Lipinski definition) is 4. The predicted molar refractivity (Wildman–Crippen MR) is 64.2 cm³/mol. The Kier molecular flexibility index (Phi) is 7.34. The van der Waals surface area contributed by atoms with Crippen LogP contribution in [-0.4, -0.2) is 30.8 Å². The Morgan fingerprint density at radius 3 is 2.50 bits per heavy atom. The Balaban J connectivity index is 3.42. The maximum Gasteiger partial charge on any atom is 0.306 e. The van der Waals surface area contributed by atoms with Gasteiger partial charge in [-0.05, 0) is 33.6 Å². The molecule has 0 saturated heterocycles. The van der Waals surface area contributed by atoms with Crippen LogP contribution in [0.1, 0.15) is 47.0 Å². The second-order valence-electron chi connectivity index (χ2n) is 4.93. The molecule has 16 heavy (non-hydrogen) atoms. The molecule has 0 heterocycles. The van der Waals surface area contributed by atoms with Gasteiger partial charge in [0.2, 0.25) is 0 Å². The highest BCUT2D eigenvalue weighted by Crippen LogP contribution is 2.09. The third-order valence-electron chi connectivity index (χ3n) is 1.95. The molecular formula is C12H25NO3. The van der Waals surface area contributed by atoms with Crippen LogP contribution >= 0.6 is 0 Å². The van der Waals surface area contributed by atoms with E-state index < -0.39 is 5.60 Å². The molecule has 0 amide bonds. The fourth-order valence-electron chi connectivity index (χ4n) is 1.06. The standard InChI is InChI=1S/C12H25NO3/c1-5-10(13)9-15-8-6-7-11(14)16-12(2,3)4/h10H,5-9,13H2,1-4H3. The van der Waals surface area contributed by atoms with Gasteiger partial charge >= 0.3 is 5.97 Å². The van der Waals surface area contributed by atoms with Gasteiger partial charge < -0.3 is 15.2 Å². The molecule has 0 aromatic rings. The van der Waals surface area contributed by atoms with Gasteiger partial charge in [-0.25, -0.2) is 0 Å². The molecule has 1 atom stereocenters. The first-order chi connectivity index (χ1) is 7.35. The second kappa shape index (κ2) is 7.63. The fraction of sp³-hybridized carbons (Fsp3) is 0.917. The number of carbonyl (C=O) groups excluding carboxylic acids is 1. The molecular weight excluding hydrogens is 206 g/mol. The third kappa shape index (κ3) is 9.93. The Labute approximate surface area is 98.5 Å². The van der Waals surface area contributed by atoms with E-state index in [1.54, 1.807) is 0 Å². The summed E-state index contributed by atoms with van der Waals surface area (Å²) in [5, 5.41) is 0. The predicted octanol–water partition coefficient (Wildman–Crippen LogP) is 1.86. The van der Waals surface area contributed by atoms with E-state index >= 15 is 0 Å². The molecule has 0 aliphatic carbocycles. The molecule has 0 rings (SSSR count). The van der Waals surface area contributed by atoms with Crippen LogP contribution in [0.25, 0.3) is 0 Å². The molecule has 0 aromatic heterocycles. The van der Waals surface area contributed by atoms with Crippen LogP contribution in [0.4, 0.5) is 0 Å². The van der Waals surface area contributed by atoms with Gasteiger partial charge in [0.15, 0.2) is 0 Å². The SMILES string of the molecule is CCC(N)COCCCC(=O)OC(C)(C)C. The van der Waals surface area contributed by atoms with Crippen molar-refractivity contribution in [2.24, 2.45) is 5.73 Å². The Morgan fingerprint density at radius 2 is 2.00 bits per heavy atom. The van der Waals surface area contributed by atoms with Crippen molar-refractivity contribution in [3.63, 3.8) is 0 Å². The summed E-state index contributed by atoms with van der Waals surface area (Å²) in [6, 6.07) is 0.0986. The molecule has 2 N–H and O–H groups in total. The maximum atomic E-state index is 11.3. The third-order valence-corrected chi connectivity index (χ3v) is 1.95. The molecule has 0 radical (unpaired) electrons. The first kappa shape index (κ1) is 15.4. The highest BCUT2D eigenvalue weighted by Gasteiger charge is 2.15. The number of hydrogen-bond donors (Lipinski definition) is 1. The van der Waals surface area contributed by atoms with Gasteiger partial charge in [-0.15, -0.1) is 0 Å². The first-order valence-electron chi connectivity index (χ1n) is 5.90. The van der Waals surface area contributed by atoms with Gasteiger partial charge in [-0.1, -0.05) is 6.92 Å². The molecule has 0 aliphatic heterocycles. The van der Waals surface area contributed by atoms with Crippen LogP contribution in [0.3, 0.4) is 0 Å². The van der Waals surface area contributed by atoms with E-state index in [0.29, 0.717) is 26.1 Å². The average molecular weight is 231 g/mol. The van der Waals surface area contributed by atoms with E-state index in [-0.39, 0.29) is 12.0 Å². The summed E-state index contributed by atoms with van der Waals surface area (Å²) in [6.07, 6.45) is 2.00. The molecule has 0 fully saturated rings. The lowest BCUT2D eigenvalue weighted by Gasteiger charge is -2.19. The molecule has 0 saturated carbocycles. The second-order valence-corrected chi connectivity index (χ2v) is 4.93. The first-order valence-corrected chi connectivity index (χ1v) is 5.90. The van der Waals surface area contributed by atoms with E-state index in [9.17, 15) is 4.79 Å². The van der Waals surface area contributed by atoms with Crippen molar-refractivity contribution in [2.45, 2.75) is 58.6 Å². The van der Waals surface area contributed by atoms with Gasteiger partial charge in [0.25, 0.3) is 0 Å². The highest BCUT2D eigenvalue weighted by atomic mass is 16.6. The Morgan fingerprint density at radius 1 is 1.38 bits per heavy atom. The fourth-order valence-corrected chi connectivity index (χ4v) is 1.06. The summed E-state index contributed by atoms with van der Waals surface area (Å²) >= 11 is 0. The summed E-state index contributed by atoms with van der Waals surface area (Å²) < 4.78 is 10.5. The van der Waals surface area contributed by atoms with E-state index in [0.717, 1.165) is 6.42 Å². The topological polar surface area (TPSA) is 61.5 Å². The van der Waals surface area contributed by atoms with E-state index in [2.05, 4.69) is 0 Å². The normalized spacial score (nSPS) is 13.6. The highest BCUT2D eigenvalue weighted by molar-refractivity contribution is 5.69. The van der Waals surface area contributed by atoms with Gasteiger partial charge in [0, 0.05) is 19.1 Å². The van der Waals surface area contributed by atoms with Crippen LogP contribution < -0.4 is 5.73 Å². The maximum absolute atomic E-state index is 11.3. The summed E-state index contributed by atoms with van der Waals surface area (Å²) in [6.45, 7) is 8.73. The van der Waals surface area contributed by atoms with Crippen molar-refractivity contribution < 1.29 is 14.3 Å². The monoisotopic (exact) mass is 231 g/mol. The smallest absolute Gasteiger partial charge is 0.306 e. The van der Waals surface area contributed by atoms with Crippen LogP contribution in [0, 0.1) is 0 Å². The molecule has 0 aliphatic rings. The molecule has 1 unspecified atom stereocenters. The van der Waals surface area contributed by atoms with Crippen LogP contribution in [0.5, 0.6) is 0 Å². The Hall–Kier alpha value is -0.610. The number of esters is 1. The number of carbonyl (C=O) groups is 1. The van der Waals surface area contributed by atoms with Gasteiger partial charge in [0.05, 0.1) is 6.61 Å². The largest absolute Gasteiger partial charge is 0.460 e. The van der Waals surface area contributed by atoms with Crippen molar-refractivity contribution in [1.82, 2.24) is 0 Å². The molecule has 0 spiro atoms. The quantitative estimate of drug-likeness (QED) is 0.536. The lowest BCUT2D eigenvalue weighted by atomic mass is 10.2. The number of rotatable bonds is 7. The molecule has 4 heteroatoms. The van der Waals surface area contributed by atoms with E-state index in [4.69, 9.17) is 15.2 Å². The average Bonchev–Trinajstić information content (AvgIpc) is 2.14. The minimum Gasteiger partial charge on any atom is -0.460 e. The van der Waals surface area contributed by atoms with E-state index in [1.807, 2.05) is 27.7 Å². The van der Waals surface area contributed by atoms with Crippen LogP contribution in [0.2, 0.25) is 0 Å². The van der Waals surface area contributed by atoms with Crippen molar-refractivity contribution in [3.8, 4) is 0 Å². The molecule has 0 aromatic carbocycles. The zero-order valence-electron chi connectivity index (χ0n) is 10.9. The van der Waals surface area contributed by atoms with Crippen LogP contribution in [-0.2, 0) is 14.3 Å². The minimum absolute atomic E-state index is 0.0986.